The fourth-order valence-electron chi connectivity index (χ4n) is 1.03. The van der Waals surface area contributed by atoms with Crippen LogP contribution in [0.5, 0.6) is 0 Å². The van der Waals surface area contributed by atoms with E-state index in [4.69, 9.17) is 5.11 Å². The topological polar surface area (TPSA) is 32.3 Å². The van der Waals surface area contributed by atoms with Crippen LogP contribution in [0.3, 0.4) is 0 Å². The molecular formula is C6H12NOP. The van der Waals surface area contributed by atoms with Crippen LogP contribution in [-0.2, 0) is 0 Å². The van der Waals surface area contributed by atoms with Crippen LogP contribution < -0.4 is 5.09 Å². The fourth-order valence-corrected chi connectivity index (χ4v) is 1.28. The van der Waals surface area contributed by atoms with Gasteiger partial charge < -0.3 is 5.11 Å². The first-order valence-electron chi connectivity index (χ1n) is 3.12. The number of hydrogen-bond donors (Lipinski definition) is 2. The Morgan fingerprint density at radius 2 is 2.44 bits per heavy atom. The molecule has 0 aromatic carbocycles. The molecule has 2 N–H and O–H groups in total. The minimum absolute atomic E-state index is 0.277. The van der Waals surface area contributed by atoms with Gasteiger partial charge in [-0.25, -0.2) is 0 Å². The summed E-state index contributed by atoms with van der Waals surface area (Å²) >= 11 is 0. The third-order valence-electron chi connectivity index (χ3n) is 1.62. The van der Waals surface area contributed by atoms with Gasteiger partial charge in [-0.2, -0.15) is 0 Å². The first kappa shape index (κ1) is 7.20. The standard InChI is InChI=1S/C6H12NOP/c8-4-5-1-2-6(3-5)7-9/h1-2,5-8H,3-4,9H2. The molecule has 0 aromatic heterocycles. The van der Waals surface area contributed by atoms with Crippen molar-refractivity contribution in [2.45, 2.75) is 12.5 Å². The maximum atomic E-state index is 8.69. The predicted octanol–water partition coefficient (Wildman–Crippen LogP) is 0.303. The van der Waals surface area contributed by atoms with Crippen molar-refractivity contribution >= 4 is 9.39 Å². The van der Waals surface area contributed by atoms with Gasteiger partial charge in [0.1, 0.15) is 0 Å². The zero-order valence-corrected chi connectivity index (χ0v) is 6.40. The van der Waals surface area contributed by atoms with Crippen LogP contribution in [0.1, 0.15) is 6.42 Å². The molecule has 0 saturated heterocycles. The number of hydrogen-bond acceptors (Lipinski definition) is 2. The Labute approximate surface area is 57.6 Å². The molecule has 0 spiro atoms. The predicted molar refractivity (Wildman–Crippen MR) is 41.0 cm³/mol. The molecule has 0 amide bonds. The summed E-state index contributed by atoms with van der Waals surface area (Å²) in [6.07, 6.45) is 5.18. The van der Waals surface area contributed by atoms with Crippen LogP contribution in [0.2, 0.25) is 0 Å². The molecule has 1 aliphatic carbocycles. The van der Waals surface area contributed by atoms with Crippen molar-refractivity contribution < 1.29 is 5.11 Å². The second-order valence-electron chi connectivity index (χ2n) is 2.34. The molecule has 1 rings (SSSR count). The Kier molecular flexibility index (Phi) is 2.65. The normalized spacial score (nSPS) is 33.6. The highest BCUT2D eigenvalue weighted by Gasteiger charge is 2.15. The lowest BCUT2D eigenvalue weighted by molar-refractivity contribution is 0.248. The third-order valence-corrected chi connectivity index (χ3v) is 2.05. The highest BCUT2D eigenvalue weighted by Crippen LogP contribution is 2.17. The molecule has 0 radical (unpaired) electrons. The summed E-state index contributed by atoms with van der Waals surface area (Å²) in [6, 6.07) is 0.451. The highest BCUT2D eigenvalue weighted by atomic mass is 31.0. The largest absolute Gasteiger partial charge is 0.396 e. The van der Waals surface area contributed by atoms with Crippen LogP contribution >= 0.6 is 9.39 Å². The lowest BCUT2D eigenvalue weighted by Crippen LogP contribution is -2.16. The Morgan fingerprint density at radius 1 is 1.67 bits per heavy atom. The Bertz CT molecular complexity index is 104. The van der Waals surface area contributed by atoms with Crippen molar-refractivity contribution in [3.8, 4) is 0 Å². The monoisotopic (exact) mass is 145 g/mol. The van der Waals surface area contributed by atoms with Crippen LogP contribution in [0.25, 0.3) is 0 Å². The SMILES string of the molecule is OCC1C=CC(NP)C1. The molecular weight excluding hydrogens is 133 g/mol. The molecule has 1 aliphatic rings. The summed E-state index contributed by atoms with van der Waals surface area (Å²) in [6.45, 7) is 0.277. The van der Waals surface area contributed by atoms with E-state index in [1.165, 1.54) is 0 Å². The number of rotatable bonds is 2. The van der Waals surface area contributed by atoms with Gasteiger partial charge in [0.15, 0.2) is 0 Å². The molecule has 0 fully saturated rings. The lowest BCUT2D eigenvalue weighted by atomic mass is 10.1. The van der Waals surface area contributed by atoms with Crippen molar-refractivity contribution in [2.75, 3.05) is 6.61 Å². The molecule has 0 aliphatic heterocycles. The average Bonchev–Trinajstić information content (AvgIpc) is 2.34. The molecule has 3 unspecified atom stereocenters. The summed E-state index contributed by atoms with van der Waals surface area (Å²) in [4.78, 5) is 0. The van der Waals surface area contributed by atoms with Crippen LogP contribution in [0, 0.1) is 5.92 Å². The van der Waals surface area contributed by atoms with Crippen molar-refractivity contribution in [3.63, 3.8) is 0 Å². The molecule has 52 valence electrons. The number of aliphatic hydroxyl groups is 1. The average molecular weight is 145 g/mol. The molecule has 0 aromatic rings. The molecule has 3 heteroatoms. The van der Waals surface area contributed by atoms with Crippen molar-refractivity contribution in [2.24, 2.45) is 5.92 Å². The molecule has 3 atom stereocenters. The van der Waals surface area contributed by atoms with Crippen molar-refractivity contribution in [1.82, 2.24) is 5.09 Å². The summed E-state index contributed by atoms with van der Waals surface area (Å²) in [5.41, 5.74) is 0. The fraction of sp³-hybridized carbons (Fsp3) is 0.667. The minimum Gasteiger partial charge on any atom is -0.396 e. The molecule has 0 bridgehead atoms. The third kappa shape index (κ3) is 1.75. The molecule has 0 heterocycles. The van der Waals surface area contributed by atoms with E-state index >= 15 is 0 Å². The van der Waals surface area contributed by atoms with Crippen LogP contribution in [0.4, 0.5) is 0 Å². The van der Waals surface area contributed by atoms with Gasteiger partial charge in [-0.1, -0.05) is 21.5 Å². The van der Waals surface area contributed by atoms with E-state index in [2.05, 4.69) is 26.6 Å². The second-order valence-corrected chi connectivity index (χ2v) is 2.67. The van der Waals surface area contributed by atoms with E-state index < -0.39 is 0 Å². The van der Waals surface area contributed by atoms with Gasteiger partial charge in [-0.3, -0.25) is 5.09 Å². The van der Waals surface area contributed by atoms with Gasteiger partial charge in [0.05, 0.1) is 0 Å². The summed E-state index contributed by atoms with van der Waals surface area (Å²) in [5, 5.41) is 11.7. The van der Waals surface area contributed by atoms with Gasteiger partial charge in [0.25, 0.3) is 0 Å². The second kappa shape index (κ2) is 3.31. The van der Waals surface area contributed by atoms with E-state index in [0.717, 1.165) is 6.42 Å². The van der Waals surface area contributed by atoms with Crippen molar-refractivity contribution in [3.05, 3.63) is 12.2 Å². The number of aliphatic hydroxyl groups excluding tert-OH is 1. The van der Waals surface area contributed by atoms with Crippen LogP contribution in [0.15, 0.2) is 12.2 Å². The van der Waals surface area contributed by atoms with Gasteiger partial charge in [0, 0.05) is 18.6 Å². The minimum atomic E-state index is 0.277. The lowest BCUT2D eigenvalue weighted by Gasteiger charge is -2.06. The zero-order chi connectivity index (χ0) is 6.69. The van der Waals surface area contributed by atoms with E-state index in [1.807, 2.05) is 0 Å². The van der Waals surface area contributed by atoms with E-state index in [-0.39, 0.29) is 6.61 Å². The Balaban J connectivity index is 2.31. The first-order chi connectivity index (χ1) is 4.36. The van der Waals surface area contributed by atoms with Crippen LogP contribution in [-0.4, -0.2) is 17.8 Å². The summed E-state index contributed by atoms with van der Waals surface area (Å²) < 4.78 is 0. The molecule has 0 saturated carbocycles. The maximum Gasteiger partial charge on any atom is 0.0494 e. The summed E-state index contributed by atoms with van der Waals surface area (Å²) in [5.74, 6) is 0.378. The summed E-state index contributed by atoms with van der Waals surface area (Å²) in [7, 11) is 2.48. The smallest absolute Gasteiger partial charge is 0.0494 e. The van der Waals surface area contributed by atoms with E-state index in [1.54, 1.807) is 0 Å². The van der Waals surface area contributed by atoms with Gasteiger partial charge in [0.2, 0.25) is 0 Å². The van der Waals surface area contributed by atoms with Gasteiger partial charge >= 0.3 is 0 Å². The maximum absolute atomic E-state index is 8.69. The molecule has 2 nitrogen and oxygen atoms in total. The van der Waals surface area contributed by atoms with E-state index in [0.29, 0.717) is 12.0 Å². The zero-order valence-electron chi connectivity index (χ0n) is 5.25. The van der Waals surface area contributed by atoms with Gasteiger partial charge in [-0.05, 0) is 6.42 Å². The highest BCUT2D eigenvalue weighted by molar-refractivity contribution is 7.13. The quantitative estimate of drug-likeness (QED) is 0.432. The number of nitrogens with one attached hydrogen (secondary N) is 1. The van der Waals surface area contributed by atoms with Crippen molar-refractivity contribution in [1.29, 1.82) is 0 Å². The van der Waals surface area contributed by atoms with E-state index in [9.17, 15) is 0 Å². The Hall–Kier alpha value is 0.0900. The first-order valence-corrected chi connectivity index (χ1v) is 3.70. The Morgan fingerprint density at radius 3 is 2.78 bits per heavy atom. The van der Waals surface area contributed by atoms with Gasteiger partial charge in [-0.15, -0.1) is 0 Å². The molecule has 9 heavy (non-hydrogen) atoms.